The highest BCUT2D eigenvalue weighted by Gasteiger charge is 2.23. The molecule has 1 amide bonds. The fourth-order valence-electron chi connectivity index (χ4n) is 2.83. The summed E-state index contributed by atoms with van der Waals surface area (Å²) in [7, 11) is 0. The minimum Gasteiger partial charge on any atom is -0.480 e. The number of rotatable bonds is 8. The molecule has 1 aromatic carbocycles. The molecule has 6 nitrogen and oxygen atoms in total. The first-order valence-electron chi connectivity index (χ1n) is 9.02. The molecule has 0 saturated heterocycles. The molecule has 1 heterocycles. The Kier molecular flexibility index (Phi) is 7.10. The zero-order valence-electron chi connectivity index (χ0n) is 16.4. The molecule has 27 heavy (non-hydrogen) atoms. The monoisotopic (exact) mass is 389 g/mol. The number of aromatic nitrogens is 1. The second-order valence-corrected chi connectivity index (χ2v) is 7.78. The van der Waals surface area contributed by atoms with Crippen molar-refractivity contribution in [2.75, 3.05) is 11.9 Å². The summed E-state index contributed by atoms with van der Waals surface area (Å²) in [5.74, 6) is -1.31. The third-order valence-corrected chi connectivity index (χ3v) is 5.59. The van der Waals surface area contributed by atoms with Gasteiger partial charge in [-0.2, -0.15) is 0 Å². The summed E-state index contributed by atoms with van der Waals surface area (Å²) in [4.78, 5) is 28.0. The van der Waals surface area contributed by atoms with Gasteiger partial charge in [0.1, 0.15) is 6.04 Å². The van der Waals surface area contributed by atoms with Crippen molar-refractivity contribution in [1.29, 1.82) is 0 Å². The molecule has 0 aliphatic heterocycles. The van der Waals surface area contributed by atoms with Crippen LogP contribution >= 0.6 is 11.3 Å². The van der Waals surface area contributed by atoms with E-state index in [0.29, 0.717) is 5.13 Å². The predicted octanol–water partition coefficient (Wildman–Crippen LogP) is 3.76. The maximum absolute atomic E-state index is 12.2. The van der Waals surface area contributed by atoms with Crippen LogP contribution in [0.4, 0.5) is 5.13 Å². The quantitative estimate of drug-likeness (QED) is 0.639. The summed E-state index contributed by atoms with van der Waals surface area (Å²) in [6.07, 6.45) is 0.719. The van der Waals surface area contributed by atoms with Crippen LogP contribution in [0.5, 0.6) is 0 Å². The third kappa shape index (κ3) is 5.37. The zero-order valence-corrected chi connectivity index (χ0v) is 17.2. The highest BCUT2D eigenvalue weighted by Crippen LogP contribution is 2.29. The van der Waals surface area contributed by atoms with Crippen molar-refractivity contribution in [3.8, 4) is 11.3 Å². The normalized spacial score (nSPS) is 13.2. The first kappa shape index (κ1) is 21.1. The number of anilines is 1. The number of thiazole rings is 1. The van der Waals surface area contributed by atoms with Crippen LogP contribution < -0.4 is 10.6 Å². The fraction of sp³-hybridized carbons (Fsp3) is 0.450. The number of hydrogen-bond donors (Lipinski definition) is 3. The molecule has 146 valence electrons. The molecule has 0 radical (unpaired) electrons. The van der Waals surface area contributed by atoms with E-state index >= 15 is 0 Å². The van der Waals surface area contributed by atoms with Crippen LogP contribution in [0.25, 0.3) is 11.3 Å². The Balaban J connectivity index is 2.02. The van der Waals surface area contributed by atoms with Crippen molar-refractivity contribution in [3.05, 3.63) is 34.2 Å². The number of aryl methyl sites for hydroxylation is 3. The van der Waals surface area contributed by atoms with Crippen LogP contribution in [0.15, 0.2) is 17.5 Å². The van der Waals surface area contributed by atoms with Gasteiger partial charge >= 0.3 is 5.97 Å². The van der Waals surface area contributed by atoms with Crippen molar-refractivity contribution in [2.45, 2.75) is 47.1 Å². The lowest BCUT2D eigenvalue weighted by Gasteiger charge is -2.19. The Labute approximate surface area is 164 Å². The first-order chi connectivity index (χ1) is 12.7. The number of carbonyl (C=O) groups is 2. The number of hydrogen-bond acceptors (Lipinski definition) is 5. The van der Waals surface area contributed by atoms with Crippen molar-refractivity contribution in [1.82, 2.24) is 10.3 Å². The standard InChI is InChI=1S/C20H27N3O3S/c1-6-11(2)18(19(25)26)21-9-17(24)23-20-22-16(10-27-20)15-8-13(4)12(3)7-14(15)5/h7-8,10-11,18,21H,6,9H2,1-5H3,(H,25,26)(H,22,23,24)/t11-,18-/m0/s1. The van der Waals surface area contributed by atoms with Crippen molar-refractivity contribution in [2.24, 2.45) is 5.92 Å². The minimum atomic E-state index is -0.945. The zero-order chi connectivity index (χ0) is 20.1. The summed E-state index contributed by atoms with van der Waals surface area (Å²) in [5.41, 5.74) is 5.45. The number of nitrogens with one attached hydrogen (secondary N) is 2. The Bertz CT molecular complexity index is 832. The molecule has 0 unspecified atom stereocenters. The van der Waals surface area contributed by atoms with Crippen LogP contribution in [0, 0.1) is 26.7 Å². The van der Waals surface area contributed by atoms with Gasteiger partial charge in [-0.05, 0) is 49.4 Å². The molecule has 2 aromatic rings. The number of amides is 1. The second-order valence-electron chi connectivity index (χ2n) is 6.92. The minimum absolute atomic E-state index is 0.0606. The summed E-state index contributed by atoms with van der Waals surface area (Å²) >= 11 is 1.36. The van der Waals surface area contributed by atoms with Crippen LogP contribution in [0.2, 0.25) is 0 Å². The number of aliphatic carboxylic acids is 1. The van der Waals surface area contributed by atoms with E-state index in [-0.39, 0.29) is 18.4 Å². The second kappa shape index (κ2) is 9.10. The number of carboxylic acid groups (broad SMARTS) is 1. The van der Waals surface area contributed by atoms with E-state index in [1.54, 1.807) is 0 Å². The fourth-order valence-corrected chi connectivity index (χ4v) is 3.55. The van der Waals surface area contributed by atoms with Gasteiger partial charge in [0.05, 0.1) is 12.2 Å². The summed E-state index contributed by atoms with van der Waals surface area (Å²) in [6.45, 7) is 9.89. The van der Waals surface area contributed by atoms with Crippen LogP contribution in [0.1, 0.15) is 37.0 Å². The topological polar surface area (TPSA) is 91.3 Å². The molecular formula is C20H27N3O3S. The number of benzene rings is 1. The maximum Gasteiger partial charge on any atom is 0.320 e. The van der Waals surface area contributed by atoms with E-state index in [9.17, 15) is 14.7 Å². The third-order valence-electron chi connectivity index (χ3n) is 4.83. The Hall–Kier alpha value is -2.25. The number of carbonyl (C=O) groups excluding carboxylic acids is 1. The smallest absolute Gasteiger partial charge is 0.320 e. The van der Waals surface area contributed by atoms with Gasteiger partial charge in [0, 0.05) is 10.9 Å². The van der Waals surface area contributed by atoms with Crippen molar-refractivity contribution < 1.29 is 14.7 Å². The summed E-state index contributed by atoms with van der Waals surface area (Å²) in [6, 6.07) is 3.50. The molecule has 3 N–H and O–H groups in total. The van der Waals surface area contributed by atoms with Gasteiger partial charge in [-0.1, -0.05) is 26.3 Å². The van der Waals surface area contributed by atoms with Gasteiger partial charge in [0.2, 0.25) is 5.91 Å². The Morgan fingerprint density at radius 1 is 1.19 bits per heavy atom. The van der Waals surface area contributed by atoms with Gasteiger partial charge < -0.3 is 10.4 Å². The van der Waals surface area contributed by atoms with Crippen LogP contribution in [0.3, 0.4) is 0 Å². The summed E-state index contributed by atoms with van der Waals surface area (Å²) < 4.78 is 0. The highest BCUT2D eigenvalue weighted by atomic mass is 32.1. The SMILES string of the molecule is CC[C@H](C)[C@H](NCC(=O)Nc1nc(-c2cc(C)c(C)cc2C)cs1)C(=O)O. The van der Waals surface area contributed by atoms with Gasteiger partial charge in [0.25, 0.3) is 0 Å². The maximum atomic E-state index is 12.2. The molecule has 1 aromatic heterocycles. The lowest BCUT2D eigenvalue weighted by Crippen LogP contribution is -2.45. The van der Waals surface area contributed by atoms with Crippen molar-refractivity contribution in [3.63, 3.8) is 0 Å². The lowest BCUT2D eigenvalue weighted by molar-refractivity contribution is -0.140. The molecule has 2 rings (SSSR count). The van der Waals surface area contributed by atoms with E-state index in [4.69, 9.17) is 0 Å². The van der Waals surface area contributed by atoms with E-state index in [0.717, 1.165) is 23.2 Å². The predicted molar refractivity (Wildman–Crippen MR) is 109 cm³/mol. The van der Waals surface area contributed by atoms with Gasteiger partial charge in [0.15, 0.2) is 5.13 Å². The molecule has 2 atom stereocenters. The molecule has 0 fully saturated rings. The van der Waals surface area contributed by atoms with Gasteiger partial charge in [-0.3, -0.25) is 14.9 Å². The first-order valence-corrected chi connectivity index (χ1v) is 9.90. The average Bonchev–Trinajstić information content (AvgIpc) is 3.05. The molecule has 0 spiro atoms. The summed E-state index contributed by atoms with van der Waals surface area (Å²) in [5, 5.41) is 17.2. The largest absolute Gasteiger partial charge is 0.480 e. The van der Waals surface area contributed by atoms with Crippen LogP contribution in [-0.4, -0.2) is 34.6 Å². The molecule has 0 aliphatic rings. The van der Waals surface area contributed by atoms with Gasteiger partial charge in [-0.15, -0.1) is 11.3 Å². The molecule has 0 saturated carbocycles. The van der Waals surface area contributed by atoms with E-state index in [1.807, 2.05) is 26.2 Å². The highest BCUT2D eigenvalue weighted by molar-refractivity contribution is 7.14. The van der Waals surface area contributed by atoms with Crippen LogP contribution in [-0.2, 0) is 9.59 Å². The number of nitrogens with zero attached hydrogens (tertiary/aromatic N) is 1. The Morgan fingerprint density at radius 2 is 1.85 bits per heavy atom. The van der Waals surface area contributed by atoms with E-state index in [2.05, 4.69) is 41.6 Å². The average molecular weight is 390 g/mol. The van der Waals surface area contributed by atoms with Gasteiger partial charge in [-0.25, -0.2) is 4.98 Å². The molecule has 0 aliphatic carbocycles. The van der Waals surface area contributed by atoms with E-state index in [1.165, 1.54) is 22.5 Å². The van der Waals surface area contributed by atoms with E-state index < -0.39 is 12.0 Å². The molecule has 7 heteroatoms. The molecular weight excluding hydrogens is 362 g/mol. The molecule has 0 bridgehead atoms. The van der Waals surface area contributed by atoms with Crippen molar-refractivity contribution >= 4 is 28.3 Å². The Morgan fingerprint density at radius 3 is 2.48 bits per heavy atom. The number of carboxylic acids is 1. The lowest BCUT2D eigenvalue weighted by atomic mass is 9.99.